The number of nitro benzene ring substituents is 1. The van der Waals surface area contributed by atoms with Crippen molar-refractivity contribution in [1.82, 2.24) is 0 Å². The van der Waals surface area contributed by atoms with Crippen molar-refractivity contribution in [3.63, 3.8) is 0 Å². The van der Waals surface area contributed by atoms with Crippen LogP contribution in [0.25, 0.3) is 11.1 Å². The summed E-state index contributed by atoms with van der Waals surface area (Å²) in [6.07, 6.45) is 0.384. The zero-order valence-electron chi connectivity index (χ0n) is 14.9. The van der Waals surface area contributed by atoms with Crippen LogP contribution in [0.4, 0.5) is 5.69 Å². The third-order valence-corrected chi connectivity index (χ3v) is 4.56. The lowest BCUT2D eigenvalue weighted by Gasteiger charge is -2.10. The van der Waals surface area contributed by atoms with Gasteiger partial charge in [-0.05, 0) is 45.3 Å². The van der Waals surface area contributed by atoms with Crippen molar-refractivity contribution in [2.45, 2.75) is 0 Å². The molecule has 0 saturated heterocycles. The van der Waals surface area contributed by atoms with Crippen molar-refractivity contribution in [1.29, 1.82) is 0 Å². The molecule has 3 aromatic rings. The van der Waals surface area contributed by atoms with Gasteiger partial charge in [-0.2, -0.15) is 0 Å². The van der Waals surface area contributed by atoms with Gasteiger partial charge in [-0.25, -0.2) is 4.79 Å². The van der Waals surface area contributed by atoms with Crippen molar-refractivity contribution in [3.8, 4) is 22.6 Å². The summed E-state index contributed by atoms with van der Waals surface area (Å²) in [5.74, 6) is -0.375. The summed E-state index contributed by atoms with van der Waals surface area (Å²) in [5, 5.41) is 10.8. The Hall–Kier alpha value is -3.52. The number of non-ortho nitro benzene ring substituents is 1. The summed E-state index contributed by atoms with van der Waals surface area (Å²) in [4.78, 5) is 33.3. The van der Waals surface area contributed by atoms with Gasteiger partial charge in [0.05, 0.1) is 15.0 Å². The molecule has 0 radical (unpaired) electrons. The number of esters is 1. The quantitative estimate of drug-likeness (QED) is 0.166. The molecule has 0 aliphatic carbocycles. The predicted octanol–water partition coefficient (Wildman–Crippen LogP) is 4.82. The Kier molecular flexibility index (Phi) is 6.36. The summed E-state index contributed by atoms with van der Waals surface area (Å²) in [6, 6.07) is 18.6. The Morgan fingerprint density at radius 2 is 1.72 bits per heavy atom. The van der Waals surface area contributed by atoms with Crippen molar-refractivity contribution in [2.24, 2.45) is 0 Å². The molecule has 0 atom stereocenters. The van der Waals surface area contributed by atoms with Crippen molar-refractivity contribution >= 4 is 33.9 Å². The Morgan fingerprint density at radius 1 is 1.00 bits per heavy atom. The van der Waals surface area contributed by atoms with Gasteiger partial charge in [0, 0.05) is 12.1 Å². The number of hydrogen-bond donors (Lipinski definition) is 0. The molecule has 0 aromatic heterocycles. The van der Waals surface area contributed by atoms with Crippen LogP contribution < -0.4 is 9.47 Å². The second kappa shape index (κ2) is 9.11. The molecule has 0 unspecified atom stereocenters. The molecule has 3 aromatic carbocycles. The number of rotatable bonds is 7. The van der Waals surface area contributed by atoms with Gasteiger partial charge in [-0.15, -0.1) is 0 Å². The fourth-order valence-electron chi connectivity index (χ4n) is 2.55. The average Bonchev–Trinajstić information content (AvgIpc) is 2.73. The van der Waals surface area contributed by atoms with Gasteiger partial charge in [-0.3, -0.25) is 14.9 Å². The van der Waals surface area contributed by atoms with Gasteiger partial charge in [0.1, 0.15) is 11.5 Å². The fourth-order valence-corrected chi connectivity index (χ4v) is 3.04. The van der Waals surface area contributed by atoms with Gasteiger partial charge in [0.15, 0.2) is 12.9 Å². The van der Waals surface area contributed by atoms with Crippen LogP contribution in [0.1, 0.15) is 10.4 Å². The van der Waals surface area contributed by atoms with E-state index in [4.69, 9.17) is 9.47 Å². The minimum Gasteiger partial charge on any atom is -0.481 e. The largest absolute Gasteiger partial charge is 0.481 e. The number of nitrogens with zero attached hydrogens (tertiary/aromatic N) is 1. The first kappa shape index (κ1) is 20.2. The lowest BCUT2D eigenvalue weighted by atomic mass is 10.1. The molecule has 0 amide bonds. The van der Waals surface area contributed by atoms with Crippen molar-refractivity contribution in [2.75, 3.05) is 6.61 Å². The van der Waals surface area contributed by atoms with E-state index >= 15 is 0 Å². The maximum absolute atomic E-state index is 12.1. The molecule has 0 fully saturated rings. The monoisotopic (exact) mass is 455 g/mol. The lowest BCUT2D eigenvalue weighted by molar-refractivity contribution is -0.384. The van der Waals surface area contributed by atoms with E-state index in [1.807, 2.05) is 42.5 Å². The number of benzene rings is 3. The first-order valence-electron chi connectivity index (χ1n) is 8.40. The topological polar surface area (TPSA) is 95.7 Å². The van der Waals surface area contributed by atoms with Gasteiger partial charge in [-0.1, -0.05) is 36.4 Å². The van der Waals surface area contributed by atoms with E-state index in [1.165, 1.54) is 6.07 Å². The highest BCUT2D eigenvalue weighted by molar-refractivity contribution is 9.10. The number of carbonyl (C=O) groups excluding carboxylic acids is 2. The number of nitro groups is 1. The SMILES string of the molecule is O=Cc1cc([N+](=O)[O-])ccc1OC(=O)COc1ccc(-c2ccccc2)cc1Br. The normalized spacial score (nSPS) is 10.2. The first-order valence-corrected chi connectivity index (χ1v) is 9.19. The van der Waals surface area contributed by atoms with E-state index in [9.17, 15) is 19.7 Å². The molecule has 7 nitrogen and oxygen atoms in total. The van der Waals surface area contributed by atoms with E-state index in [0.29, 0.717) is 16.5 Å². The predicted molar refractivity (Wildman–Crippen MR) is 109 cm³/mol. The number of hydrogen-bond acceptors (Lipinski definition) is 6. The minimum atomic E-state index is -0.749. The first-order chi connectivity index (χ1) is 14.0. The van der Waals surface area contributed by atoms with Crippen LogP contribution in [0.3, 0.4) is 0 Å². The van der Waals surface area contributed by atoms with Gasteiger partial charge in [0.2, 0.25) is 0 Å². The molecule has 0 aliphatic rings. The molecule has 8 heteroatoms. The molecule has 0 bridgehead atoms. The van der Waals surface area contributed by atoms with Crippen molar-refractivity contribution in [3.05, 3.63) is 86.9 Å². The van der Waals surface area contributed by atoms with Crippen LogP contribution in [0.15, 0.2) is 71.2 Å². The molecule has 0 spiro atoms. The van der Waals surface area contributed by atoms with E-state index in [0.717, 1.165) is 23.3 Å². The number of ether oxygens (including phenoxy) is 2. The van der Waals surface area contributed by atoms with Crippen LogP contribution >= 0.6 is 15.9 Å². The maximum Gasteiger partial charge on any atom is 0.349 e. The Balaban J connectivity index is 1.65. The van der Waals surface area contributed by atoms with Gasteiger partial charge in [0.25, 0.3) is 5.69 Å². The highest BCUT2D eigenvalue weighted by Crippen LogP contribution is 2.31. The smallest absolute Gasteiger partial charge is 0.349 e. The second-order valence-electron chi connectivity index (χ2n) is 5.87. The lowest BCUT2D eigenvalue weighted by Crippen LogP contribution is -2.18. The molecule has 0 saturated carbocycles. The molecule has 3 rings (SSSR count). The molecule has 0 N–H and O–H groups in total. The molecule has 29 heavy (non-hydrogen) atoms. The zero-order valence-corrected chi connectivity index (χ0v) is 16.5. The number of aldehydes is 1. The average molecular weight is 456 g/mol. The molecule has 146 valence electrons. The summed E-state index contributed by atoms with van der Waals surface area (Å²) in [6.45, 7) is -0.404. The molecular weight excluding hydrogens is 442 g/mol. The number of carbonyl (C=O) groups is 2. The maximum atomic E-state index is 12.1. The molecule has 0 aliphatic heterocycles. The summed E-state index contributed by atoms with van der Waals surface area (Å²) < 4.78 is 11.2. The fraction of sp³-hybridized carbons (Fsp3) is 0.0476. The molecule has 0 heterocycles. The minimum absolute atomic E-state index is 0.0716. The summed E-state index contributed by atoms with van der Waals surface area (Å²) in [5.41, 5.74) is 1.65. The van der Waals surface area contributed by atoms with Gasteiger partial charge >= 0.3 is 5.97 Å². The summed E-state index contributed by atoms with van der Waals surface area (Å²) in [7, 11) is 0. The standard InChI is InChI=1S/C21H14BrNO6/c22-18-11-15(14-4-2-1-3-5-14)6-8-20(18)28-13-21(25)29-19-9-7-17(23(26)27)10-16(19)12-24/h1-12H,13H2. The second-order valence-corrected chi connectivity index (χ2v) is 6.73. The van der Waals surface area contributed by atoms with Crippen LogP contribution in [0.2, 0.25) is 0 Å². The van der Waals surface area contributed by atoms with Crippen LogP contribution in [0, 0.1) is 10.1 Å². The highest BCUT2D eigenvalue weighted by Gasteiger charge is 2.15. The van der Waals surface area contributed by atoms with E-state index in [-0.39, 0.29) is 17.0 Å². The van der Waals surface area contributed by atoms with Crippen LogP contribution in [-0.2, 0) is 4.79 Å². The third kappa shape index (κ3) is 5.05. The Bertz CT molecular complexity index is 1070. The Labute approximate surface area is 174 Å². The summed E-state index contributed by atoms with van der Waals surface area (Å²) >= 11 is 3.42. The van der Waals surface area contributed by atoms with E-state index in [1.54, 1.807) is 6.07 Å². The van der Waals surface area contributed by atoms with E-state index in [2.05, 4.69) is 15.9 Å². The number of halogens is 1. The third-order valence-electron chi connectivity index (χ3n) is 3.94. The zero-order chi connectivity index (χ0) is 20.8. The van der Waals surface area contributed by atoms with Crippen LogP contribution in [0.5, 0.6) is 11.5 Å². The van der Waals surface area contributed by atoms with Gasteiger partial charge < -0.3 is 9.47 Å². The van der Waals surface area contributed by atoms with Crippen molar-refractivity contribution < 1.29 is 24.0 Å². The van der Waals surface area contributed by atoms with E-state index < -0.39 is 17.5 Å². The Morgan fingerprint density at radius 3 is 2.38 bits per heavy atom. The highest BCUT2D eigenvalue weighted by atomic mass is 79.9. The molecular formula is C21H14BrNO6. The van der Waals surface area contributed by atoms with Crippen LogP contribution in [-0.4, -0.2) is 23.8 Å².